The molecule has 0 saturated carbocycles. The van der Waals surface area contributed by atoms with Crippen LogP contribution in [0.4, 0.5) is 0 Å². The number of ether oxygens (including phenoxy) is 1. The Bertz CT molecular complexity index is 767. The van der Waals surface area contributed by atoms with E-state index in [9.17, 15) is 0 Å². The van der Waals surface area contributed by atoms with E-state index in [-0.39, 0.29) is 6.04 Å². The van der Waals surface area contributed by atoms with Crippen LogP contribution < -0.4 is 10.6 Å². The third kappa shape index (κ3) is 5.69. The minimum absolute atomic E-state index is 0.139. The monoisotopic (exact) mass is 367 g/mol. The van der Waals surface area contributed by atoms with E-state index in [1.54, 1.807) is 6.20 Å². The van der Waals surface area contributed by atoms with Gasteiger partial charge in [-0.2, -0.15) is 5.10 Å². The maximum atomic E-state index is 5.36. The standard InChI is InChI=1S/C21H29N5O/c1-3-22-21(23-12-8-18-9-14-27-15-10-18)25-17(2)19-6-4-7-20(16-19)26-13-5-11-24-26/h4-7,9,11,13,16-17H,3,8,10,12,14-15H2,1-2H3,(H2,22,23,25). The van der Waals surface area contributed by atoms with E-state index in [0.717, 1.165) is 50.8 Å². The molecule has 2 aromatic rings. The second-order valence-corrected chi connectivity index (χ2v) is 6.61. The van der Waals surface area contributed by atoms with Gasteiger partial charge in [0.05, 0.1) is 24.9 Å². The summed E-state index contributed by atoms with van der Waals surface area (Å²) in [4.78, 5) is 4.74. The lowest BCUT2D eigenvalue weighted by Gasteiger charge is -2.19. The highest BCUT2D eigenvalue weighted by atomic mass is 16.5. The zero-order valence-corrected chi connectivity index (χ0v) is 16.2. The molecule has 0 fully saturated rings. The first-order chi connectivity index (χ1) is 13.3. The fourth-order valence-corrected chi connectivity index (χ4v) is 3.07. The van der Waals surface area contributed by atoms with Gasteiger partial charge in [0, 0.05) is 25.5 Å². The molecular weight excluding hydrogens is 338 g/mol. The number of nitrogens with zero attached hydrogens (tertiary/aromatic N) is 3. The summed E-state index contributed by atoms with van der Waals surface area (Å²) in [7, 11) is 0. The van der Waals surface area contributed by atoms with Gasteiger partial charge in [0.15, 0.2) is 5.96 Å². The van der Waals surface area contributed by atoms with Crippen molar-refractivity contribution < 1.29 is 4.74 Å². The normalized spacial score (nSPS) is 15.9. The molecule has 0 radical (unpaired) electrons. The number of rotatable bonds is 7. The van der Waals surface area contributed by atoms with Crippen molar-refractivity contribution in [3.63, 3.8) is 0 Å². The predicted octanol–water partition coefficient (Wildman–Crippen LogP) is 3.23. The fourth-order valence-electron chi connectivity index (χ4n) is 3.07. The molecule has 0 aliphatic carbocycles. The number of hydrogen-bond acceptors (Lipinski definition) is 3. The van der Waals surface area contributed by atoms with Crippen LogP contribution in [-0.4, -0.2) is 42.0 Å². The van der Waals surface area contributed by atoms with Crippen LogP contribution in [0.2, 0.25) is 0 Å². The van der Waals surface area contributed by atoms with Crippen molar-refractivity contribution in [2.45, 2.75) is 32.7 Å². The second kappa shape index (κ2) is 9.92. The summed E-state index contributed by atoms with van der Waals surface area (Å²) >= 11 is 0. The van der Waals surface area contributed by atoms with Crippen molar-refractivity contribution >= 4 is 5.96 Å². The first-order valence-corrected chi connectivity index (χ1v) is 9.66. The topological polar surface area (TPSA) is 63.5 Å². The van der Waals surface area contributed by atoms with Gasteiger partial charge in [-0.05, 0) is 50.5 Å². The van der Waals surface area contributed by atoms with Gasteiger partial charge in [0.25, 0.3) is 0 Å². The van der Waals surface area contributed by atoms with E-state index in [4.69, 9.17) is 9.73 Å². The van der Waals surface area contributed by atoms with Crippen molar-refractivity contribution in [3.05, 3.63) is 59.9 Å². The van der Waals surface area contributed by atoms with E-state index >= 15 is 0 Å². The summed E-state index contributed by atoms with van der Waals surface area (Å²) in [5.41, 5.74) is 3.70. The lowest BCUT2D eigenvalue weighted by atomic mass is 10.1. The molecule has 1 aliphatic rings. The Hall–Kier alpha value is -2.60. The third-order valence-electron chi connectivity index (χ3n) is 4.60. The van der Waals surface area contributed by atoms with Crippen LogP contribution in [0, 0.1) is 0 Å². The number of aromatic nitrogens is 2. The Labute approximate surface area is 161 Å². The summed E-state index contributed by atoms with van der Waals surface area (Å²) in [5, 5.41) is 11.2. The molecule has 1 aromatic heterocycles. The molecule has 1 aliphatic heterocycles. The van der Waals surface area contributed by atoms with Crippen molar-refractivity contribution in [2.75, 3.05) is 26.3 Å². The molecular formula is C21H29N5O. The minimum atomic E-state index is 0.139. The smallest absolute Gasteiger partial charge is 0.191 e. The average Bonchev–Trinajstić information content (AvgIpc) is 3.24. The molecule has 3 rings (SSSR count). The number of benzene rings is 1. The number of guanidine groups is 1. The van der Waals surface area contributed by atoms with Crippen LogP contribution >= 0.6 is 0 Å². The average molecular weight is 367 g/mol. The Morgan fingerprint density at radius 3 is 3.04 bits per heavy atom. The Morgan fingerprint density at radius 1 is 1.37 bits per heavy atom. The Balaban J connectivity index is 1.62. The largest absolute Gasteiger partial charge is 0.377 e. The minimum Gasteiger partial charge on any atom is -0.377 e. The summed E-state index contributed by atoms with van der Waals surface area (Å²) in [6, 6.07) is 10.5. The SMILES string of the molecule is CCNC(=NCCC1=CCOCC1)NC(C)c1cccc(-n2cccn2)c1. The van der Waals surface area contributed by atoms with Crippen LogP contribution in [0.25, 0.3) is 5.69 Å². The summed E-state index contributed by atoms with van der Waals surface area (Å²) < 4.78 is 7.23. The van der Waals surface area contributed by atoms with Crippen LogP contribution in [-0.2, 0) is 4.74 Å². The lowest BCUT2D eigenvalue weighted by molar-refractivity contribution is 0.153. The summed E-state index contributed by atoms with van der Waals surface area (Å²) in [5.74, 6) is 0.849. The van der Waals surface area contributed by atoms with Gasteiger partial charge in [-0.3, -0.25) is 4.99 Å². The zero-order valence-electron chi connectivity index (χ0n) is 16.2. The van der Waals surface area contributed by atoms with Crippen LogP contribution in [0.15, 0.2) is 59.4 Å². The predicted molar refractivity (Wildman–Crippen MR) is 109 cm³/mol. The van der Waals surface area contributed by atoms with Crippen molar-refractivity contribution in [1.82, 2.24) is 20.4 Å². The molecule has 144 valence electrons. The lowest BCUT2D eigenvalue weighted by Crippen LogP contribution is -2.38. The van der Waals surface area contributed by atoms with Gasteiger partial charge >= 0.3 is 0 Å². The van der Waals surface area contributed by atoms with Crippen LogP contribution in [0.1, 0.15) is 38.3 Å². The molecule has 6 nitrogen and oxygen atoms in total. The number of nitrogens with one attached hydrogen (secondary N) is 2. The van der Waals surface area contributed by atoms with E-state index in [0.29, 0.717) is 0 Å². The maximum Gasteiger partial charge on any atom is 0.191 e. The quantitative estimate of drug-likeness (QED) is 0.448. The molecule has 0 bridgehead atoms. The maximum absolute atomic E-state index is 5.36. The van der Waals surface area contributed by atoms with Gasteiger partial charge in [-0.15, -0.1) is 0 Å². The molecule has 0 saturated heterocycles. The summed E-state index contributed by atoms with van der Waals surface area (Å²) in [6.07, 6.45) is 7.94. The van der Waals surface area contributed by atoms with Crippen LogP contribution in [0.5, 0.6) is 0 Å². The van der Waals surface area contributed by atoms with Gasteiger partial charge in [0.2, 0.25) is 0 Å². The molecule has 6 heteroatoms. The van der Waals surface area contributed by atoms with E-state index in [1.165, 1.54) is 11.1 Å². The van der Waals surface area contributed by atoms with E-state index in [2.05, 4.69) is 59.9 Å². The molecule has 1 unspecified atom stereocenters. The highest BCUT2D eigenvalue weighted by Crippen LogP contribution is 2.16. The molecule has 27 heavy (non-hydrogen) atoms. The van der Waals surface area contributed by atoms with Gasteiger partial charge in [-0.1, -0.05) is 23.8 Å². The zero-order chi connectivity index (χ0) is 18.9. The van der Waals surface area contributed by atoms with Crippen molar-refractivity contribution in [3.8, 4) is 5.69 Å². The molecule has 2 heterocycles. The molecule has 1 atom stereocenters. The van der Waals surface area contributed by atoms with E-state index in [1.807, 2.05) is 16.9 Å². The first kappa shape index (κ1) is 19.2. The van der Waals surface area contributed by atoms with Crippen molar-refractivity contribution in [2.24, 2.45) is 4.99 Å². The fraction of sp³-hybridized carbons (Fsp3) is 0.429. The van der Waals surface area contributed by atoms with Gasteiger partial charge < -0.3 is 15.4 Å². The summed E-state index contributed by atoms with van der Waals surface area (Å²) in [6.45, 7) is 7.42. The Morgan fingerprint density at radius 2 is 2.30 bits per heavy atom. The molecule has 0 amide bonds. The van der Waals surface area contributed by atoms with Crippen LogP contribution in [0.3, 0.4) is 0 Å². The van der Waals surface area contributed by atoms with Gasteiger partial charge in [-0.25, -0.2) is 4.68 Å². The highest BCUT2D eigenvalue weighted by molar-refractivity contribution is 5.80. The number of hydrogen-bond donors (Lipinski definition) is 2. The van der Waals surface area contributed by atoms with E-state index < -0.39 is 0 Å². The number of aliphatic imine (C=N–C) groups is 1. The Kier molecular flexibility index (Phi) is 7.04. The second-order valence-electron chi connectivity index (χ2n) is 6.61. The van der Waals surface area contributed by atoms with Crippen molar-refractivity contribution in [1.29, 1.82) is 0 Å². The molecule has 0 spiro atoms. The van der Waals surface area contributed by atoms with Gasteiger partial charge in [0.1, 0.15) is 0 Å². The molecule has 2 N–H and O–H groups in total. The third-order valence-corrected chi connectivity index (χ3v) is 4.60. The highest BCUT2D eigenvalue weighted by Gasteiger charge is 2.09. The molecule has 1 aromatic carbocycles. The first-order valence-electron chi connectivity index (χ1n) is 9.66.